The van der Waals surface area contributed by atoms with Crippen LogP contribution in [0.5, 0.6) is 0 Å². The minimum atomic E-state index is -0.390. The number of hydrogen-bond acceptors (Lipinski definition) is 5. The number of rotatable bonds is 3. The molecule has 28 heavy (non-hydrogen) atoms. The molecule has 6 nitrogen and oxygen atoms in total. The number of esters is 1. The molecule has 1 saturated carbocycles. The van der Waals surface area contributed by atoms with Crippen molar-refractivity contribution in [2.24, 2.45) is 5.92 Å². The Hall–Kier alpha value is -1.43. The van der Waals surface area contributed by atoms with Crippen molar-refractivity contribution in [1.82, 2.24) is 19.7 Å². The van der Waals surface area contributed by atoms with E-state index in [1.807, 2.05) is 20.8 Å². The molecular weight excluding hydrogens is 352 g/mol. The monoisotopic (exact) mass is 388 g/mol. The van der Waals surface area contributed by atoms with Gasteiger partial charge < -0.3 is 9.30 Å². The molecule has 0 aromatic carbocycles. The predicted octanol–water partition coefficient (Wildman–Crippen LogP) is 4.04. The second-order valence-corrected chi connectivity index (χ2v) is 9.87. The Bertz CT molecular complexity index is 685. The molecule has 0 N–H and O–H groups in total. The van der Waals surface area contributed by atoms with Crippen LogP contribution in [0.3, 0.4) is 0 Å². The zero-order valence-corrected chi connectivity index (χ0v) is 17.8. The molecule has 0 amide bonds. The van der Waals surface area contributed by atoms with Crippen LogP contribution < -0.4 is 0 Å². The van der Waals surface area contributed by atoms with Gasteiger partial charge in [0.2, 0.25) is 0 Å². The number of hydrogen-bond donors (Lipinski definition) is 0. The van der Waals surface area contributed by atoms with Crippen LogP contribution in [-0.2, 0) is 22.5 Å². The highest BCUT2D eigenvalue weighted by molar-refractivity contribution is 5.73. The normalized spacial score (nSPS) is 29.3. The number of nitrogens with zero attached hydrogens (tertiary/aromatic N) is 4. The maximum Gasteiger partial charge on any atom is 0.309 e. The van der Waals surface area contributed by atoms with Crippen molar-refractivity contribution in [3.63, 3.8) is 0 Å². The maximum absolute atomic E-state index is 12.5. The van der Waals surface area contributed by atoms with Crippen molar-refractivity contribution in [3.8, 4) is 0 Å². The quantitative estimate of drug-likeness (QED) is 0.731. The molecule has 1 aliphatic carbocycles. The molecular formula is C22H36N4O2. The van der Waals surface area contributed by atoms with E-state index < -0.39 is 5.60 Å². The number of aryl methyl sites for hydroxylation is 1. The molecule has 156 valence electrons. The first-order valence-electron chi connectivity index (χ1n) is 11.3. The van der Waals surface area contributed by atoms with E-state index in [4.69, 9.17) is 4.74 Å². The number of fused-ring (bicyclic) bond motifs is 1. The fraction of sp³-hybridized carbons (Fsp3) is 0.864. The number of piperidine rings is 1. The first-order valence-corrected chi connectivity index (χ1v) is 11.3. The summed E-state index contributed by atoms with van der Waals surface area (Å²) in [4.78, 5) is 15.1. The molecule has 2 aliphatic heterocycles. The highest BCUT2D eigenvalue weighted by Gasteiger charge is 2.37. The second-order valence-electron chi connectivity index (χ2n) is 9.87. The summed E-state index contributed by atoms with van der Waals surface area (Å²) >= 11 is 0. The van der Waals surface area contributed by atoms with Gasteiger partial charge in [0, 0.05) is 19.0 Å². The van der Waals surface area contributed by atoms with Gasteiger partial charge in [-0.1, -0.05) is 6.42 Å². The Balaban J connectivity index is 1.42. The Morgan fingerprint density at radius 2 is 1.71 bits per heavy atom. The molecule has 2 fully saturated rings. The highest BCUT2D eigenvalue weighted by Crippen LogP contribution is 2.38. The molecule has 1 saturated heterocycles. The number of ether oxygens (including phenoxy) is 1. The lowest BCUT2D eigenvalue weighted by atomic mass is 9.83. The van der Waals surface area contributed by atoms with E-state index in [2.05, 4.69) is 19.7 Å². The van der Waals surface area contributed by atoms with Crippen molar-refractivity contribution in [2.75, 3.05) is 6.54 Å². The molecule has 0 unspecified atom stereocenters. The van der Waals surface area contributed by atoms with Crippen LogP contribution in [0, 0.1) is 5.92 Å². The largest absolute Gasteiger partial charge is 0.460 e. The molecule has 0 spiro atoms. The van der Waals surface area contributed by atoms with Crippen LogP contribution in [0.15, 0.2) is 0 Å². The van der Waals surface area contributed by atoms with Crippen LogP contribution in [-0.4, -0.2) is 43.8 Å². The summed E-state index contributed by atoms with van der Waals surface area (Å²) in [5.74, 6) is 2.44. The second kappa shape index (κ2) is 8.13. The Morgan fingerprint density at radius 3 is 2.46 bits per heavy atom. The Morgan fingerprint density at radius 1 is 0.964 bits per heavy atom. The average Bonchev–Trinajstić information content (AvgIpc) is 3.11. The van der Waals surface area contributed by atoms with Crippen LogP contribution in [0.2, 0.25) is 0 Å². The third-order valence-corrected chi connectivity index (χ3v) is 6.64. The van der Waals surface area contributed by atoms with Crippen LogP contribution in [0.1, 0.15) is 96.2 Å². The van der Waals surface area contributed by atoms with Crippen LogP contribution in [0.25, 0.3) is 0 Å². The van der Waals surface area contributed by atoms with E-state index in [0.29, 0.717) is 12.1 Å². The van der Waals surface area contributed by atoms with Crippen molar-refractivity contribution in [2.45, 2.75) is 109 Å². The maximum atomic E-state index is 12.5. The van der Waals surface area contributed by atoms with E-state index in [9.17, 15) is 4.79 Å². The van der Waals surface area contributed by atoms with Gasteiger partial charge >= 0.3 is 5.97 Å². The average molecular weight is 389 g/mol. The molecule has 0 bridgehead atoms. The van der Waals surface area contributed by atoms with Gasteiger partial charge in [0.1, 0.15) is 17.2 Å². The van der Waals surface area contributed by atoms with Gasteiger partial charge in [-0.05, 0) is 78.7 Å². The van der Waals surface area contributed by atoms with Crippen molar-refractivity contribution < 1.29 is 9.53 Å². The molecule has 3 heterocycles. The Kier molecular flexibility index (Phi) is 5.77. The summed E-state index contributed by atoms with van der Waals surface area (Å²) in [5.41, 5.74) is -0.390. The fourth-order valence-electron chi connectivity index (χ4n) is 5.27. The summed E-state index contributed by atoms with van der Waals surface area (Å²) in [5, 5.41) is 9.15. The zero-order chi connectivity index (χ0) is 19.7. The van der Waals surface area contributed by atoms with E-state index in [1.54, 1.807) is 0 Å². The van der Waals surface area contributed by atoms with Crippen molar-refractivity contribution >= 4 is 5.97 Å². The van der Waals surface area contributed by atoms with E-state index >= 15 is 0 Å². The SMILES string of the molecule is CC(C)(C)OC(=O)C1CCC(N2CCCC[C@@H]2c2nnc3n2CCCC3)CC1. The van der Waals surface area contributed by atoms with Crippen LogP contribution >= 0.6 is 0 Å². The predicted molar refractivity (Wildman–Crippen MR) is 108 cm³/mol. The summed E-state index contributed by atoms with van der Waals surface area (Å²) in [7, 11) is 0. The molecule has 1 aromatic heterocycles. The van der Waals surface area contributed by atoms with Gasteiger partial charge in [-0.25, -0.2) is 0 Å². The number of aromatic nitrogens is 3. The third kappa shape index (κ3) is 4.27. The first kappa shape index (κ1) is 19.9. The lowest BCUT2D eigenvalue weighted by Crippen LogP contribution is -2.45. The summed E-state index contributed by atoms with van der Waals surface area (Å²) < 4.78 is 8.03. The third-order valence-electron chi connectivity index (χ3n) is 6.64. The van der Waals surface area contributed by atoms with Crippen molar-refractivity contribution in [3.05, 3.63) is 11.6 Å². The minimum Gasteiger partial charge on any atom is -0.460 e. The topological polar surface area (TPSA) is 60.2 Å². The number of carbonyl (C=O) groups excluding carboxylic acids is 1. The molecule has 3 aliphatic rings. The summed E-state index contributed by atoms with van der Waals surface area (Å²) in [6.07, 6.45) is 11.3. The summed E-state index contributed by atoms with van der Waals surface area (Å²) in [6.45, 7) is 8.08. The van der Waals surface area contributed by atoms with Gasteiger partial charge in [0.25, 0.3) is 0 Å². The molecule has 0 radical (unpaired) electrons. The lowest BCUT2D eigenvalue weighted by Gasteiger charge is -2.43. The van der Waals surface area contributed by atoms with Gasteiger partial charge in [0.15, 0.2) is 0 Å². The fourth-order valence-corrected chi connectivity index (χ4v) is 5.27. The van der Waals surface area contributed by atoms with E-state index in [-0.39, 0.29) is 11.9 Å². The van der Waals surface area contributed by atoms with Gasteiger partial charge in [0.05, 0.1) is 12.0 Å². The van der Waals surface area contributed by atoms with Gasteiger partial charge in [-0.2, -0.15) is 0 Å². The molecule has 4 rings (SSSR count). The number of likely N-dealkylation sites (tertiary alicyclic amines) is 1. The summed E-state index contributed by atoms with van der Waals surface area (Å²) in [6, 6.07) is 0.955. The smallest absolute Gasteiger partial charge is 0.309 e. The van der Waals surface area contributed by atoms with Crippen LogP contribution in [0.4, 0.5) is 0 Å². The first-order chi connectivity index (χ1) is 13.4. The minimum absolute atomic E-state index is 0.00679. The molecule has 6 heteroatoms. The zero-order valence-electron chi connectivity index (χ0n) is 17.8. The highest BCUT2D eigenvalue weighted by atomic mass is 16.6. The van der Waals surface area contributed by atoms with E-state index in [1.165, 1.54) is 43.8 Å². The standard InChI is InChI=1S/C22H36N4O2/c1-22(2,3)28-21(27)16-10-12-17(13-11-16)25-14-6-4-8-18(25)20-24-23-19-9-5-7-15-26(19)20/h16-18H,4-15H2,1-3H3/t16?,17?,18-/m1/s1. The number of carbonyl (C=O) groups is 1. The molecule has 1 aromatic rings. The van der Waals surface area contributed by atoms with Gasteiger partial charge in [-0.15, -0.1) is 10.2 Å². The lowest BCUT2D eigenvalue weighted by molar-refractivity contribution is -0.161. The molecule has 1 atom stereocenters. The van der Waals surface area contributed by atoms with Crippen molar-refractivity contribution in [1.29, 1.82) is 0 Å². The van der Waals surface area contributed by atoms with E-state index in [0.717, 1.165) is 45.2 Å². The Labute approximate surface area is 169 Å². The van der Waals surface area contributed by atoms with Gasteiger partial charge in [-0.3, -0.25) is 9.69 Å².